The second-order valence-corrected chi connectivity index (χ2v) is 4.52. The third kappa shape index (κ3) is 2.37. The SMILES string of the molecule is CNc1cc([N+](=O)[O-])cc(-c2sccc2Cl)n1. The highest BCUT2D eigenvalue weighted by Gasteiger charge is 2.14. The van der Waals surface area contributed by atoms with Gasteiger partial charge in [-0.25, -0.2) is 4.98 Å². The molecular formula is C10H8ClN3O2S. The first-order chi connectivity index (χ1) is 8.11. The molecule has 0 aliphatic carbocycles. The average molecular weight is 270 g/mol. The summed E-state index contributed by atoms with van der Waals surface area (Å²) in [6, 6.07) is 4.53. The zero-order valence-corrected chi connectivity index (χ0v) is 10.4. The van der Waals surface area contributed by atoms with Crippen molar-refractivity contribution in [3.05, 3.63) is 38.7 Å². The third-order valence-electron chi connectivity index (χ3n) is 2.13. The average Bonchev–Trinajstić information content (AvgIpc) is 2.74. The molecule has 0 bridgehead atoms. The summed E-state index contributed by atoms with van der Waals surface area (Å²) in [5.74, 6) is 0.443. The molecule has 0 radical (unpaired) electrons. The molecule has 2 aromatic rings. The van der Waals surface area contributed by atoms with Gasteiger partial charge in [-0.3, -0.25) is 10.1 Å². The summed E-state index contributed by atoms with van der Waals surface area (Å²) in [5.41, 5.74) is 0.493. The smallest absolute Gasteiger partial charge is 0.275 e. The molecule has 17 heavy (non-hydrogen) atoms. The van der Waals surface area contributed by atoms with Gasteiger partial charge in [-0.15, -0.1) is 11.3 Å². The van der Waals surface area contributed by atoms with Gasteiger partial charge in [0.1, 0.15) is 5.82 Å². The first-order valence-corrected chi connectivity index (χ1v) is 5.95. The zero-order valence-electron chi connectivity index (χ0n) is 8.81. The Kier molecular flexibility index (Phi) is 3.26. The van der Waals surface area contributed by atoms with E-state index >= 15 is 0 Å². The van der Waals surface area contributed by atoms with Gasteiger partial charge >= 0.3 is 0 Å². The van der Waals surface area contributed by atoms with Crippen LogP contribution in [0.5, 0.6) is 0 Å². The van der Waals surface area contributed by atoms with E-state index in [1.807, 2.05) is 5.38 Å². The molecule has 0 unspecified atom stereocenters. The Morgan fingerprint density at radius 1 is 1.53 bits per heavy atom. The van der Waals surface area contributed by atoms with Crippen molar-refractivity contribution >= 4 is 34.4 Å². The van der Waals surface area contributed by atoms with E-state index in [-0.39, 0.29) is 5.69 Å². The van der Waals surface area contributed by atoms with Crippen LogP contribution < -0.4 is 5.32 Å². The Morgan fingerprint density at radius 3 is 2.82 bits per heavy atom. The minimum absolute atomic E-state index is 0.0104. The number of pyridine rings is 1. The van der Waals surface area contributed by atoms with Gasteiger partial charge in [0.05, 0.1) is 26.6 Å². The Balaban J connectivity index is 2.58. The van der Waals surface area contributed by atoms with Gasteiger partial charge in [0.2, 0.25) is 0 Å². The number of halogens is 1. The minimum atomic E-state index is -0.451. The number of anilines is 1. The second-order valence-electron chi connectivity index (χ2n) is 3.20. The van der Waals surface area contributed by atoms with E-state index in [4.69, 9.17) is 11.6 Å². The van der Waals surface area contributed by atoms with Crippen LogP contribution in [0.15, 0.2) is 23.6 Å². The maximum Gasteiger partial charge on any atom is 0.275 e. The lowest BCUT2D eigenvalue weighted by atomic mass is 10.2. The quantitative estimate of drug-likeness (QED) is 0.685. The summed E-state index contributed by atoms with van der Waals surface area (Å²) in [7, 11) is 1.66. The lowest BCUT2D eigenvalue weighted by Gasteiger charge is -2.03. The molecule has 1 N–H and O–H groups in total. The normalized spacial score (nSPS) is 10.2. The van der Waals surface area contributed by atoms with E-state index in [1.165, 1.54) is 23.5 Å². The molecule has 88 valence electrons. The van der Waals surface area contributed by atoms with Gasteiger partial charge in [0, 0.05) is 13.1 Å². The van der Waals surface area contributed by atoms with Crippen LogP contribution in [-0.2, 0) is 0 Å². The molecule has 0 aliphatic rings. The zero-order chi connectivity index (χ0) is 12.4. The highest BCUT2D eigenvalue weighted by molar-refractivity contribution is 7.14. The van der Waals surface area contributed by atoms with Gasteiger partial charge in [0.25, 0.3) is 5.69 Å². The maximum atomic E-state index is 10.8. The number of rotatable bonds is 3. The summed E-state index contributed by atoms with van der Waals surface area (Å²) in [6.45, 7) is 0. The van der Waals surface area contributed by atoms with Crippen molar-refractivity contribution in [2.75, 3.05) is 12.4 Å². The summed E-state index contributed by atoms with van der Waals surface area (Å²) in [6.07, 6.45) is 0. The number of nitrogens with zero attached hydrogens (tertiary/aromatic N) is 2. The highest BCUT2D eigenvalue weighted by atomic mass is 35.5. The van der Waals surface area contributed by atoms with Crippen molar-refractivity contribution in [1.29, 1.82) is 0 Å². The number of hydrogen-bond donors (Lipinski definition) is 1. The third-order valence-corrected chi connectivity index (χ3v) is 3.49. The fourth-order valence-electron chi connectivity index (χ4n) is 1.34. The van der Waals surface area contributed by atoms with Crippen LogP contribution in [0.2, 0.25) is 5.02 Å². The van der Waals surface area contributed by atoms with E-state index in [0.29, 0.717) is 16.5 Å². The van der Waals surface area contributed by atoms with Gasteiger partial charge in [0.15, 0.2) is 0 Å². The van der Waals surface area contributed by atoms with E-state index < -0.39 is 4.92 Å². The Morgan fingerprint density at radius 2 is 2.29 bits per heavy atom. The topological polar surface area (TPSA) is 68.1 Å². The molecule has 0 aliphatic heterocycles. The van der Waals surface area contributed by atoms with E-state index in [2.05, 4.69) is 10.3 Å². The second kappa shape index (κ2) is 4.68. The molecular weight excluding hydrogens is 262 g/mol. The predicted molar refractivity (Wildman–Crippen MR) is 68.8 cm³/mol. The Bertz CT molecular complexity index is 570. The molecule has 0 saturated carbocycles. The van der Waals surface area contributed by atoms with Gasteiger partial charge in [-0.1, -0.05) is 11.6 Å². The molecule has 7 heteroatoms. The predicted octanol–water partition coefficient (Wildman–Crippen LogP) is 3.41. The van der Waals surface area contributed by atoms with Crippen LogP contribution in [0.25, 0.3) is 10.6 Å². The first kappa shape index (κ1) is 11.8. The lowest BCUT2D eigenvalue weighted by molar-refractivity contribution is -0.384. The fourth-order valence-corrected chi connectivity index (χ4v) is 2.46. The monoisotopic (exact) mass is 269 g/mol. The van der Waals surface area contributed by atoms with Crippen LogP contribution in [0.4, 0.5) is 11.5 Å². The number of nitrogens with one attached hydrogen (secondary N) is 1. The number of thiophene rings is 1. The molecule has 0 atom stereocenters. The lowest BCUT2D eigenvalue weighted by Crippen LogP contribution is -1.97. The van der Waals surface area contributed by atoms with E-state index in [9.17, 15) is 10.1 Å². The molecule has 0 spiro atoms. The molecule has 2 aromatic heterocycles. The van der Waals surface area contributed by atoms with E-state index in [0.717, 1.165) is 4.88 Å². The van der Waals surface area contributed by atoms with Crippen molar-refractivity contribution in [2.24, 2.45) is 0 Å². The van der Waals surface area contributed by atoms with E-state index in [1.54, 1.807) is 13.1 Å². The highest BCUT2D eigenvalue weighted by Crippen LogP contribution is 2.34. The number of hydrogen-bond acceptors (Lipinski definition) is 5. The maximum absolute atomic E-state index is 10.8. The minimum Gasteiger partial charge on any atom is -0.373 e. The molecule has 0 saturated heterocycles. The van der Waals surface area contributed by atoms with Crippen molar-refractivity contribution in [3.63, 3.8) is 0 Å². The van der Waals surface area contributed by atoms with Crippen molar-refractivity contribution in [2.45, 2.75) is 0 Å². The molecule has 2 rings (SSSR count). The van der Waals surface area contributed by atoms with Crippen LogP contribution >= 0.6 is 22.9 Å². The molecule has 0 fully saturated rings. The Hall–Kier alpha value is -1.66. The summed E-state index contributed by atoms with van der Waals surface area (Å²) < 4.78 is 0. The van der Waals surface area contributed by atoms with Crippen LogP contribution in [0.1, 0.15) is 0 Å². The van der Waals surface area contributed by atoms with Crippen LogP contribution in [0, 0.1) is 10.1 Å². The first-order valence-electron chi connectivity index (χ1n) is 4.69. The number of aromatic nitrogens is 1. The summed E-state index contributed by atoms with van der Waals surface area (Å²) in [4.78, 5) is 15.3. The molecule has 0 amide bonds. The van der Waals surface area contributed by atoms with Crippen molar-refractivity contribution < 1.29 is 4.92 Å². The number of nitro groups is 1. The Labute approximate surface area is 106 Å². The standard InChI is InChI=1S/C10H8ClN3O2S/c1-12-9-5-6(14(15)16)4-8(13-9)10-7(11)2-3-17-10/h2-5H,1H3,(H,12,13). The molecule has 0 aromatic carbocycles. The molecule has 5 nitrogen and oxygen atoms in total. The summed E-state index contributed by atoms with van der Waals surface area (Å²) in [5, 5.41) is 15.9. The van der Waals surface area contributed by atoms with Gasteiger partial charge in [-0.05, 0) is 11.4 Å². The largest absolute Gasteiger partial charge is 0.373 e. The van der Waals surface area contributed by atoms with Crippen molar-refractivity contribution in [3.8, 4) is 10.6 Å². The fraction of sp³-hybridized carbons (Fsp3) is 0.100. The van der Waals surface area contributed by atoms with Gasteiger partial charge in [-0.2, -0.15) is 0 Å². The molecule has 2 heterocycles. The van der Waals surface area contributed by atoms with Crippen LogP contribution in [0.3, 0.4) is 0 Å². The summed E-state index contributed by atoms with van der Waals surface area (Å²) >= 11 is 7.38. The van der Waals surface area contributed by atoms with Crippen molar-refractivity contribution in [1.82, 2.24) is 4.98 Å². The van der Waals surface area contributed by atoms with Gasteiger partial charge < -0.3 is 5.32 Å². The van der Waals surface area contributed by atoms with Crippen LogP contribution in [-0.4, -0.2) is 17.0 Å².